The molecule has 1 atom stereocenters. The number of benzene rings is 1. The number of hydrogen-bond donors (Lipinski definition) is 1. The summed E-state index contributed by atoms with van der Waals surface area (Å²) in [6.45, 7) is 5.79. The van der Waals surface area contributed by atoms with Gasteiger partial charge in [0.2, 0.25) is 0 Å². The zero-order valence-corrected chi connectivity index (χ0v) is 12.7. The molecule has 0 aliphatic rings. The Kier molecular flexibility index (Phi) is 5.52. The molecule has 0 fully saturated rings. The van der Waals surface area contributed by atoms with Crippen molar-refractivity contribution in [1.29, 1.82) is 0 Å². The summed E-state index contributed by atoms with van der Waals surface area (Å²) in [7, 11) is -3.72. The maximum atomic E-state index is 12.0. The van der Waals surface area contributed by atoms with Crippen LogP contribution in [0.25, 0.3) is 0 Å². The highest BCUT2D eigenvalue weighted by atomic mass is 32.2. The third-order valence-electron chi connectivity index (χ3n) is 2.95. The molecule has 0 amide bonds. The van der Waals surface area contributed by atoms with Gasteiger partial charge in [-0.3, -0.25) is 4.18 Å². The smallest absolute Gasteiger partial charge is 0.297 e. The molecule has 0 heterocycles. The minimum absolute atomic E-state index is 0.00318. The van der Waals surface area contributed by atoms with Crippen LogP contribution in [0, 0.1) is 6.92 Å². The molecule has 108 valence electrons. The molecule has 0 aromatic heterocycles. The Morgan fingerprint density at radius 2 is 1.84 bits per heavy atom. The Bertz CT molecular complexity index is 492. The van der Waals surface area contributed by atoms with Crippen molar-refractivity contribution in [2.75, 3.05) is 6.61 Å². The first-order chi connectivity index (χ1) is 8.77. The van der Waals surface area contributed by atoms with Crippen LogP contribution in [0.1, 0.15) is 38.7 Å². The van der Waals surface area contributed by atoms with Crippen molar-refractivity contribution in [3.05, 3.63) is 29.8 Å². The highest BCUT2D eigenvalue weighted by Gasteiger charge is 2.23. The van der Waals surface area contributed by atoms with Gasteiger partial charge in [-0.2, -0.15) is 8.42 Å². The van der Waals surface area contributed by atoms with E-state index < -0.39 is 15.7 Å². The molecular formula is C14H23NO3S. The summed E-state index contributed by atoms with van der Waals surface area (Å²) in [5.74, 6) is 0. The molecule has 2 N–H and O–H groups in total. The molecule has 19 heavy (non-hydrogen) atoms. The molecule has 0 aliphatic heterocycles. The fraction of sp³-hybridized carbons (Fsp3) is 0.571. The molecule has 0 saturated carbocycles. The maximum absolute atomic E-state index is 12.0. The average Bonchev–Trinajstić information content (AvgIpc) is 2.35. The zero-order valence-electron chi connectivity index (χ0n) is 11.8. The fourth-order valence-electron chi connectivity index (χ4n) is 1.64. The van der Waals surface area contributed by atoms with Gasteiger partial charge in [-0.05, 0) is 32.4 Å². The van der Waals surface area contributed by atoms with Gasteiger partial charge in [0.25, 0.3) is 10.1 Å². The lowest BCUT2D eigenvalue weighted by molar-refractivity contribution is 0.223. The van der Waals surface area contributed by atoms with Gasteiger partial charge in [0.15, 0.2) is 0 Å². The summed E-state index contributed by atoms with van der Waals surface area (Å²) < 4.78 is 29.0. The molecule has 0 unspecified atom stereocenters. The van der Waals surface area contributed by atoms with Crippen molar-refractivity contribution in [3.8, 4) is 0 Å². The fourth-order valence-corrected chi connectivity index (χ4v) is 2.67. The summed E-state index contributed by atoms with van der Waals surface area (Å²) in [5, 5.41) is 0. The van der Waals surface area contributed by atoms with Gasteiger partial charge in [0, 0.05) is 5.54 Å². The van der Waals surface area contributed by atoms with Crippen LogP contribution in [-0.4, -0.2) is 20.6 Å². The summed E-state index contributed by atoms with van der Waals surface area (Å²) in [6.07, 6.45) is 2.73. The van der Waals surface area contributed by atoms with Crippen molar-refractivity contribution < 1.29 is 12.6 Å². The van der Waals surface area contributed by atoms with Crippen molar-refractivity contribution in [1.82, 2.24) is 0 Å². The Morgan fingerprint density at radius 1 is 1.26 bits per heavy atom. The lowest BCUT2D eigenvalue weighted by atomic mass is 9.98. The van der Waals surface area contributed by atoms with E-state index in [0.29, 0.717) is 0 Å². The standard InChI is InChI=1S/C14H23NO3S/c1-4-5-10-14(3,15)11-18-19(16,17)13-8-6-12(2)7-9-13/h6-9H,4-5,10-11,15H2,1-3H3/t14-/m1/s1. The van der Waals surface area contributed by atoms with Crippen LogP contribution in [-0.2, 0) is 14.3 Å². The van der Waals surface area contributed by atoms with Crippen molar-refractivity contribution >= 4 is 10.1 Å². The first-order valence-electron chi connectivity index (χ1n) is 6.52. The average molecular weight is 285 g/mol. The summed E-state index contributed by atoms with van der Waals surface area (Å²) in [6, 6.07) is 6.58. The number of unbranched alkanes of at least 4 members (excludes halogenated alkanes) is 1. The van der Waals surface area contributed by atoms with E-state index in [0.717, 1.165) is 24.8 Å². The molecule has 4 nitrogen and oxygen atoms in total. The van der Waals surface area contributed by atoms with Gasteiger partial charge >= 0.3 is 0 Å². The molecule has 0 saturated heterocycles. The van der Waals surface area contributed by atoms with E-state index in [2.05, 4.69) is 6.92 Å². The van der Waals surface area contributed by atoms with E-state index in [-0.39, 0.29) is 11.5 Å². The second-order valence-corrected chi connectivity index (χ2v) is 6.90. The second kappa shape index (κ2) is 6.50. The van der Waals surface area contributed by atoms with E-state index in [1.54, 1.807) is 24.3 Å². The third kappa shape index (κ3) is 5.30. The number of rotatable bonds is 7. The highest BCUT2D eigenvalue weighted by Crippen LogP contribution is 2.17. The minimum atomic E-state index is -3.72. The first-order valence-corrected chi connectivity index (χ1v) is 7.93. The van der Waals surface area contributed by atoms with Gasteiger partial charge in [-0.15, -0.1) is 0 Å². The van der Waals surface area contributed by atoms with Crippen LogP contribution in [0.5, 0.6) is 0 Å². The normalized spacial score (nSPS) is 15.2. The van der Waals surface area contributed by atoms with Gasteiger partial charge < -0.3 is 5.73 Å². The third-order valence-corrected chi connectivity index (χ3v) is 4.23. The predicted octanol–water partition coefficient (Wildman–Crippen LogP) is 2.61. The van der Waals surface area contributed by atoms with Gasteiger partial charge in [0.1, 0.15) is 0 Å². The van der Waals surface area contributed by atoms with Crippen LogP contribution in [0.15, 0.2) is 29.2 Å². The van der Waals surface area contributed by atoms with Crippen molar-refractivity contribution in [2.45, 2.75) is 50.5 Å². The van der Waals surface area contributed by atoms with E-state index in [1.165, 1.54) is 0 Å². The summed E-state index contributed by atoms with van der Waals surface area (Å²) in [5.41, 5.74) is 6.41. The Balaban J connectivity index is 2.68. The van der Waals surface area contributed by atoms with Crippen molar-refractivity contribution in [3.63, 3.8) is 0 Å². The molecule has 5 heteroatoms. The summed E-state index contributed by atoms with van der Waals surface area (Å²) in [4.78, 5) is 0.171. The van der Waals surface area contributed by atoms with Crippen LogP contribution in [0.2, 0.25) is 0 Å². The molecule has 1 aromatic rings. The van der Waals surface area contributed by atoms with Crippen LogP contribution in [0.3, 0.4) is 0 Å². The van der Waals surface area contributed by atoms with Gasteiger partial charge in [-0.25, -0.2) is 0 Å². The molecule has 1 rings (SSSR count). The highest BCUT2D eigenvalue weighted by molar-refractivity contribution is 7.86. The Hall–Kier alpha value is -0.910. The quantitative estimate of drug-likeness (QED) is 0.782. The molecule has 0 bridgehead atoms. The second-order valence-electron chi connectivity index (χ2n) is 5.29. The van der Waals surface area contributed by atoms with E-state index in [4.69, 9.17) is 9.92 Å². The molecule has 0 radical (unpaired) electrons. The van der Waals surface area contributed by atoms with E-state index >= 15 is 0 Å². The summed E-state index contributed by atoms with van der Waals surface area (Å²) >= 11 is 0. The molecule has 0 spiro atoms. The minimum Gasteiger partial charge on any atom is -0.323 e. The van der Waals surface area contributed by atoms with E-state index in [9.17, 15) is 8.42 Å². The number of nitrogens with two attached hydrogens (primary N) is 1. The van der Waals surface area contributed by atoms with E-state index in [1.807, 2.05) is 13.8 Å². The van der Waals surface area contributed by atoms with Gasteiger partial charge in [0.05, 0.1) is 11.5 Å². The maximum Gasteiger partial charge on any atom is 0.297 e. The molecule has 1 aromatic carbocycles. The van der Waals surface area contributed by atoms with Crippen LogP contribution >= 0.6 is 0 Å². The SMILES string of the molecule is CCCC[C@@](C)(N)COS(=O)(=O)c1ccc(C)cc1. The lowest BCUT2D eigenvalue weighted by Crippen LogP contribution is -2.41. The van der Waals surface area contributed by atoms with Crippen LogP contribution in [0.4, 0.5) is 0 Å². The molecular weight excluding hydrogens is 262 g/mol. The van der Waals surface area contributed by atoms with Crippen molar-refractivity contribution in [2.24, 2.45) is 5.73 Å². The largest absolute Gasteiger partial charge is 0.323 e. The predicted molar refractivity (Wildman–Crippen MR) is 76.4 cm³/mol. The lowest BCUT2D eigenvalue weighted by Gasteiger charge is -2.23. The zero-order chi connectivity index (χ0) is 14.5. The number of hydrogen-bond acceptors (Lipinski definition) is 4. The topological polar surface area (TPSA) is 69.4 Å². The first kappa shape index (κ1) is 16.1. The monoisotopic (exact) mass is 285 g/mol. The molecule has 0 aliphatic carbocycles. The van der Waals surface area contributed by atoms with Gasteiger partial charge in [-0.1, -0.05) is 37.5 Å². The Labute approximate surface area is 116 Å². The van der Waals surface area contributed by atoms with Crippen LogP contribution < -0.4 is 5.73 Å². The number of aryl methyl sites for hydroxylation is 1. The Morgan fingerprint density at radius 3 is 2.37 bits per heavy atom.